The Hall–Kier alpha value is -1.80. The van der Waals surface area contributed by atoms with Crippen LogP contribution in [0.2, 0.25) is 0 Å². The second-order valence-electron chi connectivity index (χ2n) is 6.29. The predicted octanol–water partition coefficient (Wildman–Crippen LogP) is 1.57. The van der Waals surface area contributed by atoms with Crippen molar-refractivity contribution in [1.29, 1.82) is 0 Å². The van der Waals surface area contributed by atoms with Gasteiger partial charge in [-0.1, -0.05) is 6.92 Å². The van der Waals surface area contributed by atoms with Gasteiger partial charge in [0.05, 0.1) is 29.4 Å². The zero-order valence-corrected chi connectivity index (χ0v) is 15.6. The maximum Gasteiger partial charge on any atom is 0.232 e. The molecule has 2 aromatic heterocycles. The minimum atomic E-state index is -0.809. The molecule has 1 aliphatic heterocycles. The van der Waals surface area contributed by atoms with Crippen molar-refractivity contribution in [3.63, 3.8) is 0 Å². The van der Waals surface area contributed by atoms with Crippen LogP contribution in [0.4, 0.5) is 0 Å². The molecule has 0 aromatic carbocycles. The Morgan fingerprint density at radius 3 is 3.00 bits per heavy atom. The number of rotatable bonds is 6. The summed E-state index contributed by atoms with van der Waals surface area (Å²) in [5, 5.41) is 19.2. The Balaban J connectivity index is 1.72. The Labute approximate surface area is 152 Å². The summed E-state index contributed by atoms with van der Waals surface area (Å²) >= 11 is 1.69. The number of aryl methyl sites for hydroxylation is 2. The normalized spacial score (nSPS) is 15.7. The van der Waals surface area contributed by atoms with E-state index in [0.717, 1.165) is 37.4 Å². The van der Waals surface area contributed by atoms with E-state index in [1.165, 1.54) is 0 Å². The number of aliphatic hydroxyl groups excluding tert-OH is 1. The van der Waals surface area contributed by atoms with Crippen LogP contribution in [0.1, 0.15) is 43.0 Å². The minimum Gasteiger partial charge on any atom is -0.380 e. The fraction of sp³-hybridized carbons (Fsp3) is 0.588. The molecule has 1 aliphatic rings. The van der Waals surface area contributed by atoms with Crippen molar-refractivity contribution in [3.8, 4) is 0 Å². The number of thioether (sulfide) groups is 1. The number of carbonyl (C=O) groups excluding carboxylic acids is 1. The smallest absolute Gasteiger partial charge is 0.232 e. The van der Waals surface area contributed by atoms with Gasteiger partial charge in [-0.05, 0) is 30.7 Å². The van der Waals surface area contributed by atoms with Gasteiger partial charge in [-0.15, -0.1) is 0 Å². The molecule has 3 heterocycles. The van der Waals surface area contributed by atoms with Crippen LogP contribution in [0, 0.1) is 0 Å². The van der Waals surface area contributed by atoms with Gasteiger partial charge in [-0.3, -0.25) is 14.2 Å². The van der Waals surface area contributed by atoms with Crippen molar-refractivity contribution in [2.24, 2.45) is 7.05 Å². The minimum absolute atomic E-state index is 0.182. The Bertz CT molecular complexity index is 726. The van der Waals surface area contributed by atoms with Gasteiger partial charge < -0.3 is 10.0 Å². The third kappa shape index (κ3) is 4.07. The van der Waals surface area contributed by atoms with E-state index in [2.05, 4.69) is 17.1 Å². The highest BCUT2D eigenvalue weighted by atomic mass is 32.2. The molecule has 1 amide bonds. The van der Waals surface area contributed by atoms with E-state index >= 15 is 0 Å². The fourth-order valence-corrected chi connectivity index (χ4v) is 3.82. The van der Waals surface area contributed by atoms with Crippen LogP contribution in [0.3, 0.4) is 0 Å². The van der Waals surface area contributed by atoms with Gasteiger partial charge in [0.1, 0.15) is 6.10 Å². The number of fused-ring (bicyclic) bond motifs is 1. The van der Waals surface area contributed by atoms with Gasteiger partial charge in [0.2, 0.25) is 5.91 Å². The Morgan fingerprint density at radius 2 is 2.28 bits per heavy atom. The molecule has 8 heteroatoms. The van der Waals surface area contributed by atoms with Crippen molar-refractivity contribution in [1.82, 2.24) is 24.5 Å². The van der Waals surface area contributed by atoms with Crippen molar-refractivity contribution >= 4 is 17.7 Å². The van der Waals surface area contributed by atoms with Gasteiger partial charge in [-0.2, -0.15) is 22.0 Å². The van der Waals surface area contributed by atoms with Crippen LogP contribution >= 0.6 is 11.8 Å². The summed E-state index contributed by atoms with van der Waals surface area (Å²) in [5.41, 5.74) is 2.29. The second kappa shape index (κ2) is 8.05. The Kier molecular flexibility index (Phi) is 5.80. The molecule has 2 aromatic rings. The van der Waals surface area contributed by atoms with Crippen LogP contribution in [0.5, 0.6) is 0 Å². The maximum atomic E-state index is 12.4. The van der Waals surface area contributed by atoms with E-state index in [1.807, 2.05) is 15.6 Å². The number of hydrogen-bond donors (Lipinski definition) is 1. The largest absolute Gasteiger partial charge is 0.380 e. The SMILES string of the molecule is CCCSCC(=O)N1CCCn2nc([C@@H](O)c3ccnn3C)cc2C1. The first-order valence-electron chi connectivity index (χ1n) is 8.68. The fourth-order valence-electron chi connectivity index (χ4n) is 3.03. The van der Waals surface area contributed by atoms with Gasteiger partial charge in [-0.25, -0.2) is 0 Å². The molecular weight excluding hydrogens is 338 g/mol. The molecule has 3 rings (SSSR count). The molecule has 25 heavy (non-hydrogen) atoms. The third-order valence-corrected chi connectivity index (χ3v) is 5.53. The molecule has 0 fully saturated rings. The maximum absolute atomic E-state index is 12.4. The lowest BCUT2D eigenvalue weighted by Crippen LogP contribution is -2.32. The van der Waals surface area contributed by atoms with Gasteiger partial charge >= 0.3 is 0 Å². The number of aliphatic hydroxyl groups is 1. The molecule has 0 spiro atoms. The number of nitrogens with zero attached hydrogens (tertiary/aromatic N) is 5. The molecule has 0 radical (unpaired) electrons. The lowest BCUT2D eigenvalue weighted by Gasteiger charge is -2.19. The molecule has 0 unspecified atom stereocenters. The van der Waals surface area contributed by atoms with Gasteiger partial charge in [0.15, 0.2) is 0 Å². The van der Waals surface area contributed by atoms with E-state index in [9.17, 15) is 9.90 Å². The highest BCUT2D eigenvalue weighted by Crippen LogP contribution is 2.23. The average Bonchev–Trinajstić information content (AvgIpc) is 3.15. The quantitative estimate of drug-likeness (QED) is 0.789. The van der Waals surface area contributed by atoms with Crippen molar-refractivity contribution in [3.05, 3.63) is 35.4 Å². The van der Waals surface area contributed by atoms with E-state index < -0.39 is 6.10 Å². The molecule has 7 nitrogen and oxygen atoms in total. The topological polar surface area (TPSA) is 76.2 Å². The average molecular weight is 363 g/mol. The lowest BCUT2D eigenvalue weighted by atomic mass is 10.2. The number of amides is 1. The van der Waals surface area contributed by atoms with Gasteiger partial charge in [0, 0.05) is 26.3 Å². The molecule has 0 bridgehead atoms. The van der Waals surface area contributed by atoms with Crippen molar-refractivity contribution < 1.29 is 9.90 Å². The molecule has 136 valence electrons. The number of hydrogen-bond acceptors (Lipinski definition) is 5. The first-order valence-corrected chi connectivity index (χ1v) is 9.83. The van der Waals surface area contributed by atoms with E-state index in [0.29, 0.717) is 23.7 Å². The van der Waals surface area contributed by atoms with Crippen molar-refractivity contribution in [2.75, 3.05) is 18.1 Å². The molecular formula is C17H25N5O2S. The van der Waals surface area contributed by atoms with Gasteiger partial charge in [0.25, 0.3) is 0 Å². The standard InChI is InChI=1S/C17H25N5O2S/c1-3-9-25-12-16(23)21-7-4-8-22-13(11-21)10-14(19-22)17(24)15-5-6-18-20(15)2/h5-6,10,17,24H,3-4,7-9,11-12H2,1-2H3/t17-/m1/s1. The highest BCUT2D eigenvalue weighted by molar-refractivity contribution is 7.99. The van der Waals surface area contributed by atoms with Crippen LogP contribution in [0.15, 0.2) is 18.3 Å². The molecule has 0 saturated heterocycles. The Morgan fingerprint density at radius 1 is 1.44 bits per heavy atom. The van der Waals surface area contributed by atoms with Crippen LogP contribution in [-0.4, -0.2) is 53.5 Å². The summed E-state index contributed by atoms with van der Waals surface area (Å²) in [6.07, 6.45) is 2.81. The van der Waals surface area contributed by atoms with Crippen LogP contribution in [-0.2, 0) is 24.9 Å². The van der Waals surface area contributed by atoms with E-state index in [1.54, 1.807) is 35.8 Å². The molecule has 0 saturated carbocycles. The third-order valence-electron chi connectivity index (χ3n) is 4.38. The molecule has 1 atom stereocenters. The summed E-state index contributed by atoms with van der Waals surface area (Å²) in [6.45, 7) is 4.20. The number of carbonyl (C=O) groups is 1. The predicted molar refractivity (Wildman–Crippen MR) is 97.1 cm³/mol. The summed E-state index contributed by atoms with van der Waals surface area (Å²) in [6, 6.07) is 3.69. The van der Waals surface area contributed by atoms with E-state index in [4.69, 9.17) is 0 Å². The highest BCUT2D eigenvalue weighted by Gasteiger charge is 2.24. The van der Waals surface area contributed by atoms with E-state index in [-0.39, 0.29) is 5.91 Å². The van der Waals surface area contributed by atoms with Crippen LogP contribution in [0.25, 0.3) is 0 Å². The second-order valence-corrected chi connectivity index (χ2v) is 7.39. The number of aromatic nitrogens is 4. The molecule has 0 aliphatic carbocycles. The summed E-state index contributed by atoms with van der Waals surface area (Å²) < 4.78 is 3.57. The summed E-state index contributed by atoms with van der Waals surface area (Å²) in [7, 11) is 1.80. The monoisotopic (exact) mass is 363 g/mol. The van der Waals surface area contributed by atoms with Crippen molar-refractivity contribution in [2.45, 2.75) is 39.0 Å². The zero-order valence-electron chi connectivity index (χ0n) is 14.8. The summed E-state index contributed by atoms with van der Waals surface area (Å²) in [5.74, 6) is 1.73. The summed E-state index contributed by atoms with van der Waals surface area (Å²) in [4.78, 5) is 14.3. The first-order chi connectivity index (χ1) is 12.1. The zero-order chi connectivity index (χ0) is 17.8. The lowest BCUT2D eigenvalue weighted by molar-refractivity contribution is -0.128. The van der Waals surface area contributed by atoms with Crippen LogP contribution < -0.4 is 0 Å². The molecule has 1 N–H and O–H groups in total. The first kappa shape index (κ1) is 18.0.